The molecular formula is C25H27N5O6. The van der Waals surface area contributed by atoms with Crippen molar-refractivity contribution >= 4 is 29.2 Å². The maximum Gasteiger partial charge on any atom is 0.330 e. The molecule has 0 saturated heterocycles. The Kier molecular flexibility index (Phi) is 8.39. The number of benzene rings is 2. The third-order valence-electron chi connectivity index (χ3n) is 5.51. The highest BCUT2D eigenvalue weighted by Crippen LogP contribution is 2.25. The molecule has 0 radical (unpaired) electrons. The number of carbonyl (C=O) groups excluding carboxylic acids is 1. The van der Waals surface area contributed by atoms with Crippen LogP contribution in [-0.2, 0) is 17.9 Å². The summed E-state index contributed by atoms with van der Waals surface area (Å²) in [7, 11) is 1.49. The molecule has 11 heteroatoms. The zero-order chi connectivity index (χ0) is 26.2. The van der Waals surface area contributed by atoms with E-state index >= 15 is 0 Å². The molecule has 2 aromatic carbocycles. The minimum absolute atomic E-state index is 0.0820. The van der Waals surface area contributed by atoms with Crippen molar-refractivity contribution in [3.05, 3.63) is 96.7 Å². The number of methoxy groups -OCH3 is 1. The topological polar surface area (TPSA) is 154 Å². The highest BCUT2D eigenvalue weighted by Gasteiger charge is 2.24. The summed E-state index contributed by atoms with van der Waals surface area (Å²) in [5.74, 6) is -0.262. The monoisotopic (exact) mass is 493 g/mol. The molecule has 0 atom stereocenters. The van der Waals surface area contributed by atoms with Crippen molar-refractivity contribution in [1.82, 2.24) is 9.55 Å². The number of rotatable bonds is 10. The molecule has 1 amide bonds. The number of aromatic nitrogens is 2. The van der Waals surface area contributed by atoms with Crippen LogP contribution in [0.2, 0.25) is 0 Å². The molecule has 0 spiro atoms. The second-order valence-corrected chi connectivity index (χ2v) is 7.92. The molecule has 0 aliphatic rings. The van der Waals surface area contributed by atoms with E-state index in [-0.39, 0.29) is 30.3 Å². The van der Waals surface area contributed by atoms with E-state index in [1.165, 1.54) is 42.0 Å². The van der Waals surface area contributed by atoms with Crippen molar-refractivity contribution in [3.63, 3.8) is 0 Å². The van der Waals surface area contributed by atoms with Crippen LogP contribution in [0.1, 0.15) is 30.9 Å². The van der Waals surface area contributed by atoms with E-state index in [0.29, 0.717) is 23.3 Å². The van der Waals surface area contributed by atoms with Crippen molar-refractivity contribution in [2.24, 2.45) is 0 Å². The number of hydrogen-bond acceptors (Lipinski definition) is 7. The number of carbonyl (C=O) groups is 1. The number of unbranched alkanes of at least 4 members (excludes halogenated alkanes) is 1. The Morgan fingerprint density at radius 3 is 2.67 bits per heavy atom. The minimum atomic E-state index is -0.808. The number of para-hydroxylation sites is 1. The first-order chi connectivity index (χ1) is 17.3. The maximum atomic E-state index is 13.4. The van der Waals surface area contributed by atoms with Crippen molar-refractivity contribution in [1.29, 1.82) is 0 Å². The number of anilines is 2. The van der Waals surface area contributed by atoms with Crippen LogP contribution in [0, 0.1) is 10.1 Å². The van der Waals surface area contributed by atoms with E-state index in [2.05, 4.69) is 4.98 Å². The number of nitro benzene ring substituents is 1. The molecule has 1 aromatic heterocycles. The lowest BCUT2D eigenvalue weighted by Crippen LogP contribution is -2.40. The molecule has 36 heavy (non-hydrogen) atoms. The lowest BCUT2D eigenvalue weighted by atomic mass is 10.1. The third kappa shape index (κ3) is 5.87. The lowest BCUT2D eigenvalue weighted by molar-refractivity contribution is -0.384. The summed E-state index contributed by atoms with van der Waals surface area (Å²) in [4.78, 5) is 52.7. The molecule has 1 heterocycles. The van der Waals surface area contributed by atoms with Gasteiger partial charge in [0, 0.05) is 30.3 Å². The average molecular weight is 494 g/mol. The lowest BCUT2D eigenvalue weighted by Gasteiger charge is -2.24. The molecule has 0 bridgehead atoms. The summed E-state index contributed by atoms with van der Waals surface area (Å²) in [6, 6.07) is 12.7. The van der Waals surface area contributed by atoms with Crippen molar-refractivity contribution in [3.8, 4) is 5.75 Å². The molecule has 0 saturated carbocycles. The van der Waals surface area contributed by atoms with Crippen LogP contribution < -0.4 is 26.6 Å². The third-order valence-corrected chi connectivity index (χ3v) is 5.51. The molecular weight excluding hydrogens is 466 g/mol. The molecule has 188 valence electrons. The zero-order valence-corrected chi connectivity index (χ0v) is 20.0. The Hall–Kier alpha value is -4.67. The number of H-pyrrole nitrogens is 1. The molecule has 3 aromatic rings. The van der Waals surface area contributed by atoms with E-state index in [1.807, 2.05) is 6.92 Å². The van der Waals surface area contributed by atoms with E-state index in [4.69, 9.17) is 10.5 Å². The van der Waals surface area contributed by atoms with Crippen molar-refractivity contribution < 1.29 is 14.5 Å². The summed E-state index contributed by atoms with van der Waals surface area (Å²) >= 11 is 0. The molecule has 3 N–H and O–H groups in total. The number of non-ortho nitro benzene ring substituents is 1. The van der Waals surface area contributed by atoms with Gasteiger partial charge >= 0.3 is 5.69 Å². The van der Waals surface area contributed by atoms with Crippen molar-refractivity contribution in [2.75, 3.05) is 17.7 Å². The summed E-state index contributed by atoms with van der Waals surface area (Å²) in [6.45, 7) is 2.14. The molecule has 3 rings (SSSR count). The fraction of sp³-hybridized carbons (Fsp3) is 0.240. The highest BCUT2D eigenvalue weighted by molar-refractivity contribution is 6.05. The number of nitrogens with zero attached hydrogens (tertiary/aromatic N) is 3. The minimum Gasteiger partial charge on any atom is -0.496 e. The zero-order valence-electron chi connectivity index (χ0n) is 20.0. The first kappa shape index (κ1) is 25.9. The van der Waals surface area contributed by atoms with E-state index in [0.717, 1.165) is 11.3 Å². The normalized spacial score (nSPS) is 10.9. The summed E-state index contributed by atoms with van der Waals surface area (Å²) in [6.07, 6.45) is 4.02. The maximum absolute atomic E-state index is 13.4. The van der Waals surface area contributed by atoms with Gasteiger partial charge in [0.25, 0.3) is 17.2 Å². The second kappa shape index (κ2) is 11.6. The standard InChI is InChI=1S/C25H27N5O6/c1-3-4-14-28-23(26)22(24(32)27-25(28)33)29(16-18-9-5-6-11-20(18)36-2)21(31)13-12-17-8-7-10-19(15-17)30(34)35/h5-13,15H,3-4,14,16,26H2,1-2H3,(H,27,32,33)/b13-12+. The quantitative estimate of drug-likeness (QED) is 0.250. The fourth-order valence-corrected chi connectivity index (χ4v) is 3.65. The van der Waals surface area contributed by atoms with Crippen LogP contribution in [0.25, 0.3) is 6.08 Å². The van der Waals surface area contributed by atoms with Crippen LogP contribution in [0.5, 0.6) is 5.75 Å². The average Bonchev–Trinajstić information content (AvgIpc) is 2.86. The van der Waals surface area contributed by atoms with Crippen LogP contribution in [0.4, 0.5) is 17.2 Å². The number of ether oxygens (including phenoxy) is 1. The molecule has 11 nitrogen and oxygen atoms in total. The Labute approximate surface area is 206 Å². The van der Waals surface area contributed by atoms with E-state index in [9.17, 15) is 24.5 Å². The smallest absolute Gasteiger partial charge is 0.330 e. The SMILES string of the molecule is CCCCn1c(N)c(N(Cc2ccccc2OC)C(=O)/C=C/c2cccc([N+](=O)[O-])c2)c(=O)[nH]c1=O. The van der Waals surface area contributed by atoms with Gasteiger partial charge in [0.1, 0.15) is 11.6 Å². The van der Waals surface area contributed by atoms with Gasteiger partial charge in [-0.2, -0.15) is 0 Å². The van der Waals surface area contributed by atoms with Gasteiger partial charge in [-0.15, -0.1) is 0 Å². The Balaban J connectivity index is 2.10. The number of amides is 1. The second-order valence-electron chi connectivity index (χ2n) is 7.92. The van der Waals surface area contributed by atoms with Gasteiger partial charge in [0.15, 0.2) is 5.69 Å². The van der Waals surface area contributed by atoms with Gasteiger partial charge in [0.2, 0.25) is 0 Å². The van der Waals surface area contributed by atoms with Gasteiger partial charge in [-0.1, -0.05) is 43.7 Å². The molecule has 0 unspecified atom stereocenters. The Morgan fingerprint density at radius 1 is 1.22 bits per heavy atom. The molecule has 0 aliphatic heterocycles. The first-order valence-corrected chi connectivity index (χ1v) is 11.2. The molecule has 0 fully saturated rings. The van der Waals surface area contributed by atoms with E-state index in [1.54, 1.807) is 30.3 Å². The number of nitro groups is 1. The summed E-state index contributed by atoms with van der Waals surface area (Å²) < 4.78 is 6.62. The summed E-state index contributed by atoms with van der Waals surface area (Å²) in [5.41, 5.74) is 5.52. The predicted octanol–water partition coefficient (Wildman–Crippen LogP) is 3.08. The largest absolute Gasteiger partial charge is 0.496 e. The van der Waals surface area contributed by atoms with Gasteiger partial charge in [-0.3, -0.25) is 34.2 Å². The van der Waals surface area contributed by atoms with Crippen LogP contribution in [0.3, 0.4) is 0 Å². The van der Waals surface area contributed by atoms with Gasteiger partial charge in [-0.05, 0) is 24.1 Å². The number of nitrogens with one attached hydrogen (secondary N) is 1. The number of nitrogens with two attached hydrogens (primary N) is 1. The van der Waals surface area contributed by atoms with Crippen LogP contribution >= 0.6 is 0 Å². The predicted molar refractivity (Wildman–Crippen MR) is 137 cm³/mol. The molecule has 0 aliphatic carbocycles. The van der Waals surface area contributed by atoms with Crippen molar-refractivity contribution in [2.45, 2.75) is 32.9 Å². The Bertz CT molecular complexity index is 1410. The van der Waals surface area contributed by atoms with Gasteiger partial charge in [0.05, 0.1) is 18.6 Å². The summed E-state index contributed by atoms with van der Waals surface area (Å²) in [5, 5.41) is 11.1. The Morgan fingerprint density at radius 2 is 1.97 bits per heavy atom. The van der Waals surface area contributed by atoms with Crippen LogP contribution in [-0.4, -0.2) is 27.5 Å². The van der Waals surface area contributed by atoms with Gasteiger partial charge < -0.3 is 10.5 Å². The van der Waals surface area contributed by atoms with E-state index < -0.39 is 22.1 Å². The fourth-order valence-electron chi connectivity index (χ4n) is 3.65. The number of aromatic amines is 1. The van der Waals surface area contributed by atoms with Crippen LogP contribution in [0.15, 0.2) is 64.2 Å². The number of hydrogen-bond donors (Lipinski definition) is 2. The highest BCUT2D eigenvalue weighted by atomic mass is 16.6. The first-order valence-electron chi connectivity index (χ1n) is 11.2. The van der Waals surface area contributed by atoms with Gasteiger partial charge in [-0.25, -0.2) is 4.79 Å². The number of nitrogen functional groups attached to an aromatic ring is 1.